The minimum Gasteiger partial charge on any atom is -0.379 e. The molecule has 0 radical (unpaired) electrons. The molecule has 0 bridgehead atoms. The van der Waals surface area contributed by atoms with Gasteiger partial charge in [-0.25, -0.2) is 0 Å². The van der Waals surface area contributed by atoms with Gasteiger partial charge in [0.05, 0.1) is 24.2 Å². The summed E-state index contributed by atoms with van der Waals surface area (Å²) in [6, 6.07) is 5.25. The largest absolute Gasteiger partial charge is 0.379 e. The molecule has 1 N–H and O–H groups in total. The predicted molar refractivity (Wildman–Crippen MR) is 92.4 cm³/mol. The first-order valence-corrected chi connectivity index (χ1v) is 8.37. The molecule has 0 amide bonds. The summed E-state index contributed by atoms with van der Waals surface area (Å²) in [6.07, 6.45) is 3.76. The Morgan fingerprint density at radius 1 is 1.21 bits per heavy atom. The van der Waals surface area contributed by atoms with Gasteiger partial charge in [-0.3, -0.25) is 19.7 Å². The summed E-state index contributed by atoms with van der Waals surface area (Å²) in [6.45, 7) is 6.38. The minimum atomic E-state index is -0.101. The van der Waals surface area contributed by atoms with Crippen LogP contribution in [0.2, 0.25) is 0 Å². The van der Waals surface area contributed by atoms with Crippen molar-refractivity contribution in [3.05, 3.63) is 40.3 Å². The highest BCUT2D eigenvalue weighted by molar-refractivity contribution is 5.83. The smallest absolute Gasteiger partial charge is 0.248 e. The fraction of sp³-hybridized carbons (Fsp3) is 0.471. The van der Waals surface area contributed by atoms with Crippen LogP contribution in [-0.2, 0) is 4.74 Å². The van der Waals surface area contributed by atoms with Crippen molar-refractivity contribution in [1.82, 2.24) is 19.9 Å². The second kappa shape index (κ2) is 6.70. The van der Waals surface area contributed by atoms with E-state index in [1.807, 2.05) is 12.3 Å². The van der Waals surface area contributed by atoms with Gasteiger partial charge in [-0.05, 0) is 17.7 Å². The standard InChI is InChI=1S/C17H21N5O2/c23-16-2-1-15-17(20-16)14(3-4-18-15)13-11-19-22(12-13)6-5-21-7-9-24-10-8-21/h1-4,11,13H,5-10,12H2,(H,20,23). The van der Waals surface area contributed by atoms with Gasteiger partial charge in [-0.15, -0.1) is 0 Å². The monoisotopic (exact) mass is 327 g/mol. The Kier molecular flexibility index (Phi) is 4.27. The molecule has 7 heteroatoms. The van der Waals surface area contributed by atoms with E-state index in [-0.39, 0.29) is 11.5 Å². The molecule has 126 valence electrons. The Labute approximate surface area is 139 Å². The molecule has 0 spiro atoms. The molecular weight excluding hydrogens is 306 g/mol. The molecule has 7 nitrogen and oxygen atoms in total. The van der Waals surface area contributed by atoms with Gasteiger partial charge in [0, 0.05) is 57.1 Å². The first kappa shape index (κ1) is 15.3. The number of rotatable bonds is 4. The Hall–Kier alpha value is -2.25. The second-order valence-corrected chi connectivity index (χ2v) is 6.22. The number of pyridine rings is 2. The van der Waals surface area contributed by atoms with Crippen LogP contribution in [0.1, 0.15) is 11.5 Å². The van der Waals surface area contributed by atoms with Crippen molar-refractivity contribution in [3.63, 3.8) is 0 Å². The van der Waals surface area contributed by atoms with Crippen LogP contribution >= 0.6 is 0 Å². The van der Waals surface area contributed by atoms with Crippen molar-refractivity contribution < 1.29 is 4.74 Å². The Morgan fingerprint density at radius 3 is 2.96 bits per heavy atom. The average Bonchev–Trinajstić information content (AvgIpc) is 3.09. The summed E-state index contributed by atoms with van der Waals surface area (Å²) in [5.74, 6) is 0.179. The molecule has 2 aromatic rings. The summed E-state index contributed by atoms with van der Waals surface area (Å²) < 4.78 is 5.38. The summed E-state index contributed by atoms with van der Waals surface area (Å²) >= 11 is 0. The Bertz CT molecular complexity index is 797. The highest BCUT2D eigenvalue weighted by atomic mass is 16.5. The molecule has 24 heavy (non-hydrogen) atoms. The van der Waals surface area contributed by atoms with E-state index in [0.29, 0.717) is 0 Å². The van der Waals surface area contributed by atoms with Crippen molar-refractivity contribution in [3.8, 4) is 0 Å². The lowest BCUT2D eigenvalue weighted by Gasteiger charge is -2.28. The maximum Gasteiger partial charge on any atom is 0.248 e. The first-order chi connectivity index (χ1) is 11.8. The number of H-pyrrole nitrogens is 1. The van der Waals surface area contributed by atoms with Crippen LogP contribution in [0.15, 0.2) is 34.3 Å². The number of aromatic amines is 1. The van der Waals surface area contributed by atoms with Crippen LogP contribution in [0.25, 0.3) is 11.0 Å². The fourth-order valence-electron chi connectivity index (χ4n) is 3.29. The molecular formula is C17H21N5O2. The SMILES string of the molecule is O=c1ccc2nccc(C3C=NN(CCN4CCOCC4)C3)c2[nH]1. The van der Waals surface area contributed by atoms with Gasteiger partial charge in [0.25, 0.3) is 0 Å². The van der Waals surface area contributed by atoms with Crippen LogP contribution in [0.4, 0.5) is 0 Å². The van der Waals surface area contributed by atoms with Crippen LogP contribution in [0, 0.1) is 0 Å². The maximum atomic E-state index is 11.6. The average molecular weight is 327 g/mol. The van der Waals surface area contributed by atoms with Gasteiger partial charge in [-0.2, -0.15) is 5.10 Å². The number of nitrogens with zero attached hydrogens (tertiary/aromatic N) is 4. The van der Waals surface area contributed by atoms with Gasteiger partial charge >= 0.3 is 0 Å². The highest BCUT2D eigenvalue weighted by Gasteiger charge is 2.22. The molecule has 4 heterocycles. The summed E-state index contributed by atoms with van der Waals surface area (Å²) in [5.41, 5.74) is 2.61. The van der Waals surface area contributed by atoms with E-state index in [1.54, 1.807) is 12.3 Å². The third-order valence-corrected chi connectivity index (χ3v) is 4.65. The zero-order valence-electron chi connectivity index (χ0n) is 13.5. The first-order valence-electron chi connectivity index (χ1n) is 8.37. The van der Waals surface area contributed by atoms with Crippen molar-refractivity contribution in [2.45, 2.75) is 5.92 Å². The summed E-state index contributed by atoms with van der Waals surface area (Å²) in [7, 11) is 0. The molecule has 2 aromatic heterocycles. The van der Waals surface area contributed by atoms with Gasteiger partial charge < -0.3 is 9.72 Å². The molecule has 1 fully saturated rings. The lowest BCUT2D eigenvalue weighted by atomic mass is 10.00. The molecule has 1 saturated heterocycles. The third-order valence-electron chi connectivity index (χ3n) is 4.65. The molecule has 1 atom stereocenters. The van der Waals surface area contributed by atoms with E-state index < -0.39 is 0 Å². The highest BCUT2D eigenvalue weighted by Crippen LogP contribution is 2.25. The maximum absolute atomic E-state index is 11.6. The number of hydrogen-bond donors (Lipinski definition) is 1. The molecule has 0 saturated carbocycles. The second-order valence-electron chi connectivity index (χ2n) is 6.22. The van der Waals surface area contributed by atoms with E-state index in [9.17, 15) is 4.79 Å². The normalized spacial score (nSPS) is 21.7. The van der Waals surface area contributed by atoms with Gasteiger partial charge in [0.2, 0.25) is 5.56 Å². The predicted octanol–water partition coefficient (Wildman–Crippen LogP) is 0.640. The van der Waals surface area contributed by atoms with Crippen LogP contribution in [0.3, 0.4) is 0 Å². The van der Waals surface area contributed by atoms with E-state index in [4.69, 9.17) is 4.74 Å². The number of hydrogen-bond acceptors (Lipinski definition) is 6. The lowest BCUT2D eigenvalue weighted by molar-refractivity contribution is 0.0339. The van der Waals surface area contributed by atoms with Gasteiger partial charge in [0.15, 0.2) is 0 Å². The number of fused-ring (bicyclic) bond motifs is 1. The topological polar surface area (TPSA) is 73.8 Å². The molecule has 0 aromatic carbocycles. The summed E-state index contributed by atoms with van der Waals surface area (Å²) in [4.78, 5) is 21.3. The quantitative estimate of drug-likeness (QED) is 0.892. The number of nitrogens with one attached hydrogen (secondary N) is 1. The third kappa shape index (κ3) is 3.18. The van der Waals surface area contributed by atoms with Crippen molar-refractivity contribution >= 4 is 17.2 Å². The Morgan fingerprint density at radius 2 is 2.08 bits per heavy atom. The number of aromatic nitrogens is 2. The van der Waals surface area contributed by atoms with E-state index in [1.165, 1.54) is 6.07 Å². The zero-order chi connectivity index (χ0) is 16.4. The van der Waals surface area contributed by atoms with Crippen LogP contribution in [-0.4, -0.2) is 72.0 Å². The van der Waals surface area contributed by atoms with Crippen molar-refractivity contribution in [1.29, 1.82) is 0 Å². The number of ether oxygens (including phenoxy) is 1. The van der Waals surface area contributed by atoms with Gasteiger partial charge in [-0.1, -0.05) is 0 Å². The lowest BCUT2D eigenvalue weighted by Crippen LogP contribution is -2.40. The Balaban J connectivity index is 1.44. The molecule has 1 unspecified atom stereocenters. The molecule has 4 rings (SSSR count). The van der Waals surface area contributed by atoms with Gasteiger partial charge in [0.1, 0.15) is 0 Å². The fourth-order valence-corrected chi connectivity index (χ4v) is 3.29. The summed E-state index contributed by atoms with van der Waals surface area (Å²) in [5, 5.41) is 6.65. The number of hydrazone groups is 1. The van der Waals surface area contributed by atoms with Crippen LogP contribution in [0.5, 0.6) is 0 Å². The van der Waals surface area contributed by atoms with E-state index in [2.05, 4.69) is 25.0 Å². The molecule has 2 aliphatic rings. The van der Waals surface area contributed by atoms with Crippen molar-refractivity contribution in [2.24, 2.45) is 5.10 Å². The minimum absolute atomic E-state index is 0.101. The van der Waals surface area contributed by atoms with E-state index in [0.717, 1.165) is 62.5 Å². The molecule has 2 aliphatic heterocycles. The zero-order valence-corrected chi connectivity index (χ0v) is 13.5. The van der Waals surface area contributed by atoms with Crippen LogP contribution < -0.4 is 5.56 Å². The van der Waals surface area contributed by atoms with E-state index >= 15 is 0 Å². The molecule has 0 aliphatic carbocycles. The van der Waals surface area contributed by atoms with Crippen molar-refractivity contribution in [2.75, 3.05) is 45.9 Å². The number of morpholine rings is 1.